The number of hydrogen-bond donors (Lipinski definition) is 3. The molecule has 1 aliphatic heterocycles. The maximum Gasteiger partial charge on any atom is 0.327 e. The van der Waals surface area contributed by atoms with Gasteiger partial charge in [0.1, 0.15) is 11.9 Å². The second kappa shape index (κ2) is 3.26. The van der Waals surface area contributed by atoms with E-state index in [1.54, 1.807) is 0 Å². The van der Waals surface area contributed by atoms with Crippen molar-refractivity contribution in [1.82, 2.24) is 9.97 Å². The van der Waals surface area contributed by atoms with E-state index in [1.165, 1.54) is 11.0 Å². The van der Waals surface area contributed by atoms with Gasteiger partial charge in [-0.3, -0.25) is 14.8 Å². The lowest BCUT2D eigenvalue weighted by atomic mass is 10.0. The van der Waals surface area contributed by atoms with Crippen LogP contribution in [-0.2, 0) is 4.79 Å². The lowest BCUT2D eigenvalue weighted by Crippen LogP contribution is -2.53. The number of carboxylic acid groups (broad SMARTS) is 1. The highest BCUT2D eigenvalue weighted by atomic mass is 16.4. The number of aromatic amines is 2. The molecule has 0 saturated carbocycles. The molecule has 1 atom stereocenters. The van der Waals surface area contributed by atoms with Crippen molar-refractivity contribution in [2.45, 2.75) is 12.5 Å². The summed E-state index contributed by atoms with van der Waals surface area (Å²) in [5, 5.41) is 8.78. The van der Waals surface area contributed by atoms with Crippen LogP contribution in [0, 0.1) is 0 Å². The molecule has 0 spiro atoms. The summed E-state index contributed by atoms with van der Waals surface area (Å²) in [6, 6.07) is 0.527. The van der Waals surface area contributed by atoms with Crippen molar-refractivity contribution in [2.75, 3.05) is 11.4 Å². The van der Waals surface area contributed by atoms with Crippen LogP contribution in [0.15, 0.2) is 15.7 Å². The Balaban J connectivity index is 2.34. The molecule has 7 nitrogen and oxygen atoms in total. The van der Waals surface area contributed by atoms with Gasteiger partial charge in [-0.15, -0.1) is 0 Å². The first-order chi connectivity index (χ1) is 7.08. The zero-order valence-electron chi connectivity index (χ0n) is 7.69. The lowest BCUT2D eigenvalue weighted by Gasteiger charge is -2.38. The molecule has 2 heterocycles. The summed E-state index contributed by atoms with van der Waals surface area (Å²) in [6.45, 7) is 0.524. The molecule has 0 unspecified atom stereocenters. The predicted molar refractivity (Wildman–Crippen MR) is 51.1 cm³/mol. The van der Waals surface area contributed by atoms with Crippen LogP contribution in [0.2, 0.25) is 0 Å². The van der Waals surface area contributed by atoms with Crippen molar-refractivity contribution >= 4 is 11.8 Å². The molecule has 3 N–H and O–H groups in total. The van der Waals surface area contributed by atoms with E-state index in [4.69, 9.17) is 5.11 Å². The van der Waals surface area contributed by atoms with Crippen LogP contribution in [0.3, 0.4) is 0 Å². The second-order valence-electron chi connectivity index (χ2n) is 3.31. The molecule has 7 heteroatoms. The first-order valence-electron chi connectivity index (χ1n) is 4.41. The average molecular weight is 211 g/mol. The molecule has 1 fully saturated rings. The number of anilines is 1. The van der Waals surface area contributed by atoms with Crippen LogP contribution in [0.25, 0.3) is 0 Å². The molecule has 1 aliphatic rings. The molecule has 1 aromatic heterocycles. The Bertz CT molecular complexity index is 475. The summed E-state index contributed by atoms with van der Waals surface area (Å²) in [4.78, 5) is 38.5. The molecule has 0 amide bonds. The van der Waals surface area contributed by atoms with Crippen molar-refractivity contribution in [3.05, 3.63) is 26.9 Å². The minimum absolute atomic E-state index is 0.252. The van der Waals surface area contributed by atoms with Gasteiger partial charge in [-0.05, 0) is 6.42 Å². The third kappa shape index (κ3) is 1.63. The molecule has 0 radical (unpaired) electrons. The zero-order chi connectivity index (χ0) is 11.0. The van der Waals surface area contributed by atoms with Crippen molar-refractivity contribution in [1.29, 1.82) is 0 Å². The van der Waals surface area contributed by atoms with Gasteiger partial charge in [0.2, 0.25) is 0 Å². The summed E-state index contributed by atoms with van der Waals surface area (Å²) in [5.74, 6) is -0.704. The highest BCUT2D eigenvalue weighted by Gasteiger charge is 2.34. The van der Waals surface area contributed by atoms with Crippen molar-refractivity contribution in [3.63, 3.8) is 0 Å². The number of nitrogens with one attached hydrogen (secondary N) is 2. The summed E-state index contributed by atoms with van der Waals surface area (Å²) < 4.78 is 0. The molecular weight excluding hydrogens is 202 g/mol. The number of nitrogens with zero attached hydrogens (tertiary/aromatic N) is 1. The number of aromatic nitrogens is 2. The molecule has 2 rings (SSSR count). The highest BCUT2D eigenvalue weighted by molar-refractivity contribution is 5.79. The van der Waals surface area contributed by atoms with Crippen molar-refractivity contribution in [3.8, 4) is 0 Å². The Morgan fingerprint density at radius 2 is 2.20 bits per heavy atom. The summed E-state index contributed by atoms with van der Waals surface area (Å²) in [7, 11) is 0. The quantitative estimate of drug-likeness (QED) is 0.565. The van der Waals surface area contributed by atoms with E-state index in [0.29, 0.717) is 13.0 Å². The number of carboxylic acids is 1. The fourth-order valence-corrected chi connectivity index (χ4v) is 1.54. The van der Waals surface area contributed by atoms with Crippen LogP contribution < -0.4 is 16.1 Å². The van der Waals surface area contributed by atoms with Gasteiger partial charge in [-0.2, -0.15) is 0 Å². The first kappa shape index (κ1) is 9.50. The second-order valence-corrected chi connectivity index (χ2v) is 3.31. The molecule has 1 saturated heterocycles. The van der Waals surface area contributed by atoms with E-state index in [2.05, 4.69) is 4.98 Å². The van der Waals surface area contributed by atoms with Gasteiger partial charge in [0, 0.05) is 12.6 Å². The van der Waals surface area contributed by atoms with E-state index in [0.717, 1.165) is 0 Å². The Kier molecular flexibility index (Phi) is 2.07. The Labute approximate surface area is 83.4 Å². The van der Waals surface area contributed by atoms with Gasteiger partial charge >= 0.3 is 11.7 Å². The summed E-state index contributed by atoms with van der Waals surface area (Å²) >= 11 is 0. The van der Waals surface area contributed by atoms with Gasteiger partial charge in [0.15, 0.2) is 0 Å². The monoisotopic (exact) mass is 211 g/mol. The van der Waals surface area contributed by atoms with Crippen LogP contribution >= 0.6 is 0 Å². The lowest BCUT2D eigenvalue weighted by molar-refractivity contribution is -0.140. The van der Waals surface area contributed by atoms with Crippen LogP contribution in [0.4, 0.5) is 5.82 Å². The largest absolute Gasteiger partial charge is 0.480 e. The standard InChI is InChI=1S/C8H9N3O4/c12-6-3-5(9-8(15)10-6)11-2-1-4(11)7(13)14/h3-4H,1-2H2,(H,13,14)(H2,9,10,12,15)/t4-/m1/s1. The zero-order valence-corrected chi connectivity index (χ0v) is 7.69. The number of aliphatic carboxylic acids is 1. The third-order valence-corrected chi connectivity index (χ3v) is 2.36. The molecule has 0 aliphatic carbocycles. The Morgan fingerprint density at radius 1 is 1.47 bits per heavy atom. The number of H-pyrrole nitrogens is 2. The van der Waals surface area contributed by atoms with E-state index < -0.39 is 23.3 Å². The first-order valence-corrected chi connectivity index (χ1v) is 4.41. The minimum atomic E-state index is -0.956. The average Bonchev–Trinajstić information content (AvgIpc) is 1.97. The van der Waals surface area contributed by atoms with E-state index in [1.807, 2.05) is 4.98 Å². The molecule has 0 bridgehead atoms. The maximum absolute atomic E-state index is 11.0. The fourth-order valence-electron chi connectivity index (χ4n) is 1.54. The smallest absolute Gasteiger partial charge is 0.327 e. The summed E-state index contributed by atoms with van der Waals surface area (Å²) in [5.41, 5.74) is -1.17. The normalized spacial score (nSPS) is 19.7. The fraction of sp³-hybridized carbons (Fsp3) is 0.375. The van der Waals surface area contributed by atoms with Gasteiger partial charge in [0.05, 0.1) is 0 Å². The van der Waals surface area contributed by atoms with Gasteiger partial charge in [-0.25, -0.2) is 9.59 Å². The third-order valence-electron chi connectivity index (χ3n) is 2.36. The Morgan fingerprint density at radius 3 is 2.67 bits per heavy atom. The van der Waals surface area contributed by atoms with Crippen molar-refractivity contribution < 1.29 is 9.90 Å². The summed E-state index contributed by atoms with van der Waals surface area (Å²) in [6.07, 6.45) is 0.518. The Hall–Kier alpha value is -2.05. The number of rotatable bonds is 2. The van der Waals surface area contributed by atoms with Crippen LogP contribution in [0.1, 0.15) is 6.42 Å². The van der Waals surface area contributed by atoms with Gasteiger partial charge < -0.3 is 10.0 Å². The van der Waals surface area contributed by atoms with E-state index in [-0.39, 0.29) is 5.82 Å². The minimum Gasteiger partial charge on any atom is -0.480 e. The van der Waals surface area contributed by atoms with Crippen molar-refractivity contribution in [2.24, 2.45) is 0 Å². The molecule has 1 aromatic rings. The molecule has 80 valence electrons. The van der Waals surface area contributed by atoms with Gasteiger partial charge in [0.25, 0.3) is 5.56 Å². The van der Waals surface area contributed by atoms with Crippen LogP contribution in [0.5, 0.6) is 0 Å². The highest BCUT2D eigenvalue weighted by Crippen LogP contribution is 2.22. The van der Waals surface area contributed by atoms with Crippen LogP contribution in [-0.4, -0.2) is 33.6 Å². The molecule has 0 aromatic carbocycles. The predicted octanol–water partition coefficient (Wildman–Crippen LogP) is -1.27. The maximum atomic E-state index is 11.0. The topological polar surface area (TPSA) is 106 Å². The van der Waals surface area contributed by atoms with Gasteiger partial charge in [-0.1, -0.05) is 0 Å². The molecule has 15 heavy (non-hydrogen) atoms. The van der Waals surface area contributed by atoms with E-state index >= 15 is 0 Å². The number of carbonyl (C=O) groups is 1. The molecular formula is C8H9N3O4. The SMILES string of the molecule is O=C(O)[C@H]1CCN1c1cc(=O)[nH]c(=O)[nH]1. The van der Waals surface area contributed by atoms with E-state index in [9.17, 15) is 14.4 Å². The number of hydrogen-bond acceptors (Lipinski definition) is 4.